The molecule has 0 saturated heterocycles. The van der Waals surface area contributed by atoms with E-state index in [2.05, 4.69) is 27.4 Å². The molecule has 0 aliphatic heterocycles. The maximum Gasteiger partial charge on any atom is 0.148 e. The number of amidine groups is 1. The van der Waals surface area contributed by atoms with Crippen LogP contribution in [0.3, 0.4) is 0 Å². The Morgan fingerprint density at radius 2 is 1.38 bits per heavy atom. The summed E-state index contributed by atoms with van der Waals surface area (Å²) in [4.78, 5) is 4.21. The lowest BCUT2D eigenvalue weighted by Crippen LogP contribution is -2.19. The van der Waals surface area contributed by atoms with E-state index in [0.717, 1.165) is 34.8 Å². The van der Waals surface area contributed by atoms with Crippen LogP contribution in [0.15, 0.2) is 65.2 Å². The summed E-state index contributed by atoms with van der Waals surface area (Å²) < 4.78 is 21.9. The Hall–Kier alpha value is -3.24. The predicted molar refractivity (Wildman–Crippen MR) is 165 cm³/mol. The van der Waals surface area contributed by atoms with Crippen LogP contribution in [0.4, 0.5) is 5.69 Å². The van der Waals surface area contributed by atoms with Gasteiger partial charge in [0.15, 0.2) is 0 Å². The van der Waals surface area contributed by atoms with Crippen molar-refractivity contribution in [2.45, 2.75) is 27.7 Å². The molecular formula is C30H49N5O4. The van der Waals surface area contributed by atoms with Gasteiger partial charge in [0.25, 0.3) is 0 Å². The molecule has 0 fully saturated rings. The molecule has 0 aromatic heterocycles. The Kier molecular flexibility index (Phi) is 23.0. The van der Waals surface area contributed by atoms with Crippen LogP contribution < -0.4 is 21.2 Å². The number of nitrogen functional groups attached to an aromatic ring is 1. The number of aliphatic imine (C=N–C) groups is 1. The van der Waals surface area contributed by atoms with E-state index in [9.17, 15) is 0 Å². The van der Waals surface area contributed by atoms with Crippen molar-refractivity contribution in [3.63, 3.8) is 0 Å². The van der Waals surface area contributed by atoms with E-state index in [1.54, 1.807) is 13.1 Å². The number of hydrazone groups is 1. The highest BCUT2D eigenvalue weighted by molar-refractivity contribution is 5.99. The quantitative estimate of drug-likeness (QED) is 0.0930. The van der Waals surface area contributed by atoms with E-state index >= 15 is 0 Å². The average Bonchev–Trinajstić information content (AvgIpc) is 2.96. The second-order valence-electron chi connectivity index (χ2n) is 7.93. The third-order valence-electron chi connectivity index (χ3n) is 4.65. The number of hydrogen-bond acceptors (Lipinski definition) is 8. The molecule has 9 nitrogen and oxygen atoms in total. The Morgan fingerprint density at radius 3 is 1.87 bits per heavy atom. The van der Waals surface area contributed by atoms with Crippen molar-refractivity contribution in [3.8, 4) is 5.75 Å². The fraction of sp³-hybridized carbons (Fsp3) is 0.467. The standard InChI is InChI=1S/C20H34N4O4.C8H9N.C2H6/c1-17(2)23-24-20(22-4)18-5-7-19(8-6-18)28-16-15-27-14-13-26-12-11-25-10-9-21-3;1-2-7-3-5-8(9)6-4-7;1-2/h5-8,21H,9-16H2,1-4H3,(H,22,24);2-6H,1,9H2;1-2H3. The topological polar surface area (TPSA) is 112 Å². The van der Waals surface area contributed by atoms with Gasteiger partial charge in [-0.2, -0.15) is 5.10 Å². The summed E-state index contributed by atoms with van der Waals surface area (Å²) in [6.45, 7) is 16.3. The molecule has 0 saturated carbocycles. The van der Waals surface area contributed by atoms with Crippen molar-refractivity contribution in [2.75, 3.05) is 72.6 Å². The zero-order valence-corrected chi connectivity index (χ0v) is 24.7. The first-order valence-electron chi connectivity index (χ1n) is 13.3. The highest BCUT2D eigenvalue weighted by atomic mass is 16.6. The fourth-order valence-corrected chi connectivity index (χ4v) is 2.68. The van der Waals surface area contributed by atoms with Crippen LogP contribution in [0.5, 0.6) is 5.75 Å². The molecular weight excluding hydrogens is 494 g/mol. The Morgan fingerprint density at radius 1 is 0.846 bits per heavy atom. The third-order valence-corrected chi connectivity index (χ3v) is 4.65. The lowest BCUT2D eigenvalue weighted by Gasteiger charge is -2.09. The highest BCUT2D eigenvalue weighted by Crippen LogP contribution is 2.12. The normalized spacial score (nSPS) is 10.4. The number of rotatable bonds is 16. The van der Waals surface area contributed by atoms with E-state index in [1.165, 1.54) is 0 Å². The monoisotopic (exact) mass is 543 g/mol. The number of nitrogens with zero attached hydrogens (tertiary/aromatic N) is 2. The van der Waals surface area contributed by atoms with Crippen molar-refractivity contribution in [1.82, 2.24) is 10.7 Å². The molecule has 4 N–H and O–H groups in total. The van der Waals surface area contributed by atoms with E-state index in [1.807, 2.05) is 83.3 Å². The van der Waals surface area contributed by atoms with E-state index < -0.39 is 0 Å². The van der Waals surface area contributed by atoms with Crippen LogP contribution in [0.25, 0.3) is 6.08 Å². The van der Waals surface area contributed by atoms with Crippen molar-refractivity contribution in [2.24, 2.45) is 10.1 Å². The molecule has 0 aliphatic rings. The van der Waals surface area contributed by atoms with Gasteiger partial charge in [-0.1, -0.05) is 38.6 Å². The molecule has 0 atom stereocenters. The van der Waals surface area contributed by atoms with Gasteiger partial charge in [-0.25, -0.2) is 0 Å². The van der Waals surface area contributed by atoms with Crippen LogP contribution in [-0.4, -0.2) is 78.4 Å². The largest absolute Gasteiger partial charge is 0.491 e. The highest BCUT2D eigenvalue weighted by Gasteiger charge is 2.02. The van der Waals surface area contributed by atoms with Crippen LogP contribution in [0.1, 0.15) is 38.8 Å². The number of nitrogens with one attached hydrogen (secondary N) is 2. The minimum Gasteiger partial charge on any atom is -0.491 e. The minimum atomic E-state index is 0.485. The van der Waals surface area contributed by atoms with Gasteiger partial charge in [-0.05, 0) is 62.9 Å². The average molecular weight is 544 g/mol. The van der Waals surface area contributed by atoms with Gasteiger partial charge in [0.2, 0.25) is 0 Å². The molecule has 218 valence electrons. The number of likely N-dealkylation sites (N-methyl/N-ethyl adjacent to an activating group) is 1. The number of nitrogens with two attached hydrogens (primary N) is 1. The van der Waals surface area contributed by atoms with Crippen molar-refractivity contribution >= 4 is 23.3 Å². The second-order valence-corrected chi connectivity index (χ2v) is 7.93. The van der Waals surface area contributed by atoms with Crippen LogP contribution in [0, 0.1) is 0 Å². The molecule has 0 radical (unpaired) electrons. The van der Waals surface area contributed by atoms with Gasteiger partial charge in [-0.15, -0.1) is 0 Å². The lowest BCUT2D eigenvalue weighted by molar-refractivity contribution is 0.0100. The summed E-state index contributed by atoms with van der Waals surface area (Å²) in [5, 5.41) is 7.20. The van der Waals surface area contributed by atoms with E-state index in [-0.39, 0.29) is 0 Å². The Bertz CT molecular complexity index is 912. The first-order chi connectivity index (χ1) is 19.0. The number of anilines is 1. The van der Waals surface area contributed by atoms with Gasteiger partial charge < -0.3 is 30.0 Å². The number of hydrogen-bond donors (Lipinski definition) is 3. The summed E-state index contributed by atoms with van der Waals surface area (Å²) in [5.41, 5.74) is 12.2. The molecule has 0 spiro atoms. The maximum atomic E-state index is 5.68. The Labute approximate surface area is 235 Å². The molecule has 0 bridgehead atoms. The zero-order chi connectivity index (χ0) is 29.1. The molecule has 2 aromatic rings. The molecule has 2 aromatic carbocycles. The molecule has 2 rings (SSSR count). The lowest BCUT2D eigenvalue weighted by atomic mass is 10.2. The first kappa shape index (κ1) is 35.8. The Balaban J connectivity index is 0.00000109. The molecule has 0 aliphatic carbocycles. The molecule has 0 heterocycles. The molecule has 39 heavy (non-hydrogen) atoms. The third kappa shape index (κ3) is 19.5. The van der Waals surface area contributed by atoms with E-state index in [4.69, 9.17) is 24.7 Å². The first-order valence-corrected chi connectivity index (χ1v) is 13.3. The van der Waals surface area contributed by atoms with Crippen LogP contribution >= 0.6 is 0 Å². The molecule has 9 heteroatoms. The molecule has 0 amide bonds. The van der Waals surface area contributed by atoms with Crippen LogP contribution in [-0.2, 0) is 14.2 Å². The minimum absolute atomic E-state index is 0.485. The summed E-state index contributed by atoms with van der Waals surface area (Å²) in [6.07, 6.45) is 1.79. The second kappa shape index (κ2) is 25.1. The SMILES string of the molecule is C=Cc1ccc(N)cc1.CC.CN=C(NN=C(C)C)c1ccc(OCCOCCOCCOCCNC)cc1. The smallest absolute Gasteiger partial charge is 0.148 e. The summed E-state index contributed by atoms with van der Waals surface area (Å²) >= 11 is 0. The van der Waals surface area contributed by atoms with E-state index in [0.29, 0.717) is 52.1 Å². The maximum absolute atomic E-state index is 5.68. The van der Waals surface area contributed by atoms with Gasteiger partial charge in [0.1, 0.15) is 18.2 Å². The zero-order valence-electron chi connectivity index (χ0n) is 24.7. The summed E-state index contributed by atoms with van der Waals surface area (Å²) in [7, 11) is 3.63. The van der Waals surface area contributed by atoms with Crippen molar-refractivity contribution < 1.29 is 18.9 Å². The molecule has 0 unspecified atom stereocenters. The number of benzene rings is 2. The van der Waals surface area contributed by atoms with Crippen molar-refractivity contribution in [3.05, 3.63) is 66.2 Å². The van der Waals surface area contributed by atoms with Crippen molar-refractivity contribution in [1.29, 1.82) is 0 Å². The summed E-state index contributed by atoms with van der Waals surface area (Å²) in [6, 6.07) is 15.3. The van der Waals surface area contributed by atoms with Gasteiger partial charge in [-0.3, -0.25) is 10.4 Å². The predicted octanol–water partition coefficient (Wildman–Crippen LogP) is 4.63. The van der Waals surface area contributed by atoms with Gasteiger partial charge in [0, 0.05) is 30.6 Å². The van der Waals surface area contributed by atoms with Gasteiger partial charge in [0.05, 0.1) is 39.6 Å². The van der Waals surface area contributed by atoms with Gasteiger partial charge >= 0.3 is 0 Å². The summed E-state index contributed by atoms with van der Waals surface area (Å²) in [5.74, 6) is 1.50. The number of ether oxygens (including phenoxy) is 4. The van der Waals surface area contributed by atoms with Crippen LogP contribution in [0.2, 0.25) is 0 Å². The fourth-order valence-electron chi connectivity index (χ4n) is 2.68.